The van der Waals surface area contributed by atoms with Crippen LogP contribution in [0.15, 0.2) is 18.3 Å². The molecule has 0 unspecified atom stereocenters. The summed E-state index contributed by atoms with van der Waals surface area (Å²) in [6, 6.07) is 2.52. The molecule has 20 heavy (non-hydrogen) atoms. The summed E-state index contributed by atoms with van der Waals surface area (Å²) in [5, 5.41) is 11.6. The number of carbonyl (C=O) groups is 1. The van der Waals surface area contributed by atoms with Crippen LogP contribution in [0.3, 0.4) is 0 Å². The average molecular weight is 281 g/mol. The van der Waals surface area contributed by atoms with E-state index in [0.717, 1.165) is 38.5 Å². The van der Waals surface area contributed by atoms with Gasteiger partial charge in [0.1, 0.15) is 5.82 Å². The minimum absolute atomic E-state index is 0.154. The first-order valence-corrected chi connectivity index (χ1v) is 6.88. The molecule has 0 aliphatic carbocycles. The molecular formula is C14H22FN4O+. The Labute approximate surface area is 118 Å². The van der Waals surface area contributed by atoms with Gasteiger partial charge in [0, 0.05) is 6.42 Å². The molecule has 1 aromatic heterocycles. The zero-order valence-corrected chi connectivity index (χ0v) is 11.8. The second kappa shape index (κ2) is 9.14. The van der Waals surface area contributed by atoms with Crippen LogP contribution in [-0.4, -0.2) is 29.8 Å². The quantitative estimate of drug-likeness (QED) is 0.364. The van der Waals surface area contributed by atoms with E-state index < -0.39 is 11.7 Å². The van der Waals surface area contributed by atoms with Gasteiger partial charge in [-0.2, -0.15) is 0 Å². The van der Waals surface area contributed by atoms with E-state index in [2.05, 4.69) is 22.5 Å². The summed E-state index contributed by atoms with van der Waals surface area (Å²) in [6.45, 7) is 4.06. The number of nitrogens with one attached hydrogen (secondary N) is 2. The van der Waals surface area contributed by atoms with Crippen molar-refractivity contribution in [1.29, 1.82) is 0 Å². The Bertz CT molecular complexity index is 433. The fourth-order valence-electron chi connectivity index (χ4n) is 1.70. The third-order valence-corrected chi connectivity index (χ3v) is 2.78. The molecule has 0 saturated carbocycles. The number of halogens is 1. The van der Waals surface area contributed by atoms with Gasteiger partial charge in [-0.1, -0.05) is 13.3 Å². The van der Waals surface area contributed by atoms with E-state index in [-0.39, 0.29) is 5.69 Å². The molecule has 0 aliphatic heterocycles. The van der Waals surface area contributed by atoms with E-state index in [4.69, 9.17) is 5.41 Å². The van der Waals surface area contributed by atoms with E-state index in [1.54, 1.807) is 0 Å². The molecule has 0 radical (unpaired) electrons. The first kappa shape index (κ1) is 16.2. The molecule has 0 spiro atoms. The monoisotopic (exact) mass is 281 g/mol. The molecule has 0 bridgehead atoms. The van der Waals surface area contributed by atoms with Crippen LogP contribution in [0.4, 0.5) is 4.39 Å². The maximum atomic E-state index is 12.7. The Balaban J connectivity index is 2.21. The highest BCUT2D eigenvalue weighted by atomic mass is 19.1. The Kier molecular flexibility index (Phi) is 7.42. The topological polar surface area (TPSA) is 79.6 Å². The highest BCUT2D eigenvalue weighted by Gasteiger charge is 2.15. The fraction of sp³-hybridized carbons (Fsp3) is 0.500. The number of unbranched alkanes of at least 4 members (excludes halogenated alkanes) is 2. The smallest absolute Gasteiger partial charge is 0.317 e. The predicted octanol–water partition coefficient (Wildman–Crippen LogP) is 0.278. The van der Waals surface area contributed by atoms with Crippen LogP contribution in [0, 0.1) is 5.82 Å². The number of amides is 1. The molecule has 1 rings (SSSR count). The highest BCUT2D eigenvalue weighted by molar-refractivity contribution is 6.03. The maximum Gasteiger partial charge on any atom is 0.357 e. The Hall–Kier alpha value is -1.82. The van der Waals surface area contributed by atoms with Crippen molar-refractivity contribution in [2.24, 2.45) is 0 Å². The average Bonchev–Trinajstić information content (AvgIpc) is 2.43. The van der Waals surface area contributed by atoms with Crippen molar-refractivity contribution in [2.45, 2.75) is 32.6 Å². The summed E-state index contributed by atoms with van der Waals surface area (Å²) in [5.41, 5.74) is 0.154. The van der Waals surface area contributed by atoms with Crippen molar-refractivity contribution in [3.8, 4) is 0 Å². The molecule has 0 fully saturated rings. The Morgan fingerprint density at radius 2 is 2.15 bits per heavy atom. The highest BCUT2D eigenvalue weighted by Crippen LogP contribution is 2.00. The molecule has 0 aliphatic rings. The van der Waals surface area contributed by atoms with Gasteiger partial charge in [0.25, 0.3) is 0 Å². The van der Waals surface area contributed by atoms with E-state index in [9.17, 15) is 9.18 Å². The number of nitrogens with zero attached hydrogens (tertiary/aromatic N) is 1. The zero-order valence-electron chi connectivity index (χ0n) is 11.8. The van der Waals surface area contributed by atoms with Gasteiger partial charge in [-0.25, -0.2) is 19.5 Å². The number of rotatable bonds is 8. The van der Waals surface area contributed by atoms with Crippen LogP contribution in [0.2, 0.25) is 0 Å². The summed E-state index contributed by atoms with van der Waals surface area (Å²) in [4.78, 5) is 15.4. The SMILES string of the molecule is CCNCCCCCC(=[NH2+])NC(=O)c1ccc(F)cn1. The molecule has 0 saturated heterocycles. The summed E-state index contributed by atoms with van der Waals surface area (Å²) in [5.74, 6) is -0.459. The van der Waals surface area contributed by atoms with Gasteiger partial charge in [-0.05, 0) is 38.1 Å². The van der Waals surface area contributed by atoms with E-state index in [1.165, 1.54) is 12.1 Å². The lowest BCUT2D eigenvalue weighted by molar-refractivity contribution is -0.120. The van der Waals surface area contributed by atoms with Crippen LogP contribution >= 0.6 is 0 Å². The van der Waals surface area contributed by atoms with Crippen LogP contribution < -0.4 is 16.0 Å². The third-order valence-electron chi connectivity index (χ3n) is 2.78. The predicted molar refractivity (Wildman–Crippen MR) is 75.6 cm³/mol. The van der Waals surface area contributed by atoms with E-state index in [1.807, 2.05) is 0 Å². The van der Waals surface area contributed by atoms with Crippen molar-refractivity contribution in [3.63, 3.8) is 0 Å². The molecule has 1 heterocycles. The van der Waals surface area contributed by atoms with Gasteiger partial charge < -0.3 is 5.32 Å². The van der Waals surface area contributed by atoms with E-state index in [0.29, 0.717) is 12.3 Å². The number of nitrogens with two attached hydrogens (primary N) is 1. The molecule has 6 heteroatoms. The van der Waals surface area contributed by atoms with Crippen molar-refractivity contribution >= 4 is 11.7 Å². The van der Waals surface area contributed by atoms with Gasteiger partial charge in [-0.3, -0.25) is 5.41 Å². The summed E-state index contributed by atoms with van der Waals surface area (Å²) >= 11 is 0. The largest absolute Gasteiger partial charge is 0.357 e. The third kappa shape index (κ3) is 6.38. The van der Waals surface area contributed by atoms with Crippen LogP contribution in [-0.2, 0) is 0 Å². The minimum atomic E-state index is -0.473. The number of carbonyl (C=O) groups excluding carboxylic acids is 1. The minimum Gasteiger partial charge on any atom is -0.317 e. The normalized spacial score (nSPS) is 10.3. The molecule has 4 N–H and O–H groups in total. The lowest BCUT2D eigenvalue weighted by atomic mass is 10.2. The Morgan fingerprint density at radius 3 is 2.80 bits per heavy atom. The van der Waals surface area contributed by atoms with Gasteiger partial charge in [0.05, 0.1) is 6.20 Å². The second-order valence-electron chi connectivity index (χ2n) is 4.51. The van der Waals surface area contributed by atoms with E-state index >= 15 is 0 Å². The van der Waals surface area contributed by atoms with Gasteiger partial charge >= 0.3 is 5.91 Å². The first-order valence-electron chi connectivity index (χ1n) is 6.88. The second-order valence-corrected chi connectivity index (χ2v) is 4.51. The molecule has 5 nitrogen and oxygen atoms in total. The molecule has 110 valence electrons. The van der Waals surface area contributed by atoms with Crippen LogP contribution in [0.25, 0.3) is 0 Å². The number of amidine groups is 1. The standard InChI is InChI=1S/C14H21FN4O/c1-2-17-9-5-3-4-6-13(16)19-14(20)12-8-7-11(15)10-18-12/h7-8,10,17H,2-6,9H2,1H3,(H2,16,19,20)/p+1. The number of aromatic nitrogens is 1. The van der Waals surface area contributed by atoms with Crippen LogP contribution in [0.1, 0.15) is 43.1 Å². The molecular weight excluding hydrogens is 259 g/mol. The molecule has 0 aromatic carbocycles. The first-order chi connectivity index (χ1) is 9.63. The summed E-state index contributed by atoms with van der Waals surface area (Å²) in [6.07, 6.45) is 4.71. The summed E-state index contributed by atoms with van der Waals surface area (Å²) in [7, 11) is 0. The number of pyridine rings is 1. The summed E-state index contributed by atoms with van der Waals surface area (Å²) < 4.78 is 12.7. The zero-order chi connectivity index (χ0) is 14.8. The van der Waals surface area contributed by atoms with Crippen molar-refractivity contribution in [3.05, 3.63) is 29.8 Å². The molecule has 1 aromatic rings. The Morgan fingerprint density at radius 1 is 1.35 bits per heavy atom. The lowest BCUT2D eigenvalue weighted by Crippen LogP contribution is -2.51. The fourth-order valence-corrected chi connectivity index (χ4v) is 1.70. The number of hydrogen-bond donors (Lipinski definition) is 3. The van der Waals surface area contributed by atoms with Gasteiger partial charge in [0.15, 0.2) is 5.69 Å². The molecule has 0 atom stereocenters. The van der Waals surface area contributed by atoms with Crippen molar-refractivity contribution in [2.75, 3.05) is 13.1 Å². The lowest BCUT2D eigenvalue weighted by Gasteiger charge is -2.02. The van der Waals surface area contributed by atoms with Gasteiger partial charge in [-0.15, -0.1) is 0 Å². The van der Waals surface area contributed by atoms with Gasteiger partial charge in [0.2, 0.25) is 5.84 Å². The van der Waals surface area contributed by atoms with Crippen molar-refractivity contribution in [1.82, 2.24) is 15.6 Å². The van der Waals surface area contributed by atoms with Crippen LogP contribution in [0.5, 0.6) is 0 Å². The van der Waals surface area contributed by atoms with Crippen molar-refractivity contribution < 1.29 is 14.6 Å². The molecule has 1 amide bonds. The maximum absolute atomic E-state index is 12.7. The number of hydrogen-bond acceptors (Lipinski definition) is 3.